The molecule has 1 fully saturated rings. The topological polar surface area (TPSA) is 90.7 Å². The molecule has 2 aromatic rings. The van der Waals surface area contributed by atoms with Crippen LogP contribution >= 0.6 is 0 Å². The van der Waals surface area contributed by atoms with Gasteiger partial charge in [-0.05, 0) is 44.4 Å². The van der Waals surface area contributed by atoms with E-state index >= 15 is 0 Å². The Morgan fingerprint density at radius 2 is 2.23 bits per heavy atom. The second-order valence-corrected chi connectivity index (χ2v) is 7.69. The normalized spacial score (nSPS) is 18.7. The molecule has 0 bridgehead atoms. The average Bonchev–Trinajstić information content (AvgIpc) is 2.79. The minimum atomic E-state index is -0.403. The molecule has 3 rings (SSSR count). The van der Waals surface area contributed by atoms with E-state index in [9.17, 15) is 9.18 Å². The Hall–Kier alpha value is -3.29. The fraction of sp³-hybridized carbons (Fsp3) is 0.391. The van der Waals surface area contributed by atoms with Gasteiger partial charge in [0.1, 0.15) is 5.82 Å². The first-order valence-corrected chi connectivity index (χ1v) is 10.5. The molecule has 1 aliphatic rings. The van der Waals surface area contributed by atoms with Crippen LogP contribution in [0.1, 0.15) is 42.1 Å². The van der Waals surface area contributed by atoms with Crippen LogP contribution in [-0.2, 0) is 0 Å². The van der Waals surface area contributed by atoms with Gasteiger partial charge in [0.15, 0.2) is 0 Å². The molecule has 7 nitrogen and oxygen atoms in total. The number of carbonyl (C=O) groups is 1. The molecule has 0 spiro atoms. The molecular formula is C23H28FN5O2. The first-order valence-electron chi connectivity index (χ1n) is 10.5. The van der Waals surface area contributed by atoms with Crippen molar-refractivity contribution in [3.63, 3.8) is 0 Å². The highest BCUT2D eigenvalue weighted by Crippen LogP contribution is 2.29. The average molecular weight is 426 g/mol. The standard InChI is InChI=1S/C23H28FN5O2/c1-3-19-7-5-17(15-31-22-9-6-18(24)13-26-22)14-29(19)23(30)20-12-16(2)4-8-21(20)28-27-11-10-25/h4,6,8-13,17,19,25,28H,3,5,7,14-15H2,1-2H3/b25-10?,27-11-. The van der Waals surface area contributed by atoms with Crippen LogP contribution in [0.25, 0.3) is 0 Å². The lowest BCUT2D eigenvalue weighted by molar-refractivity contribution is 0.0465. The molecule has 1 amide bonds. The van der Waals surface area contributed by atoms with Gasteiger partial charge >= 0.3 is 0 Å². The van der Waals surface area contributed by atoms with Crippen molar-refractivity contribution in [2.45, 2.75) is 39.2 Å². The summed E-state index contributed by atoms with van der Waals surface area (Å²) >= 11 is 0. The molecule has 2 heterocycles. The Bertz CT molecular complexity index is 932. The summed E-state index contributed by atoms with van der Waals surface area (Å²) in [7, 11) is 0. The molecule has 164 valence electrons. The Labute approximate surface area is 181 Å². The van der Waals surface area contributed by atoms with Gasteiger partial charge in [-0.2, -0.15) is 5.10 Å². The fourth-order valence-electron chi connectivity index (χ4n) is 3.79. The van der Waals surface area contributed by atoms with Crippen LogP contribution in [0.15, 0.2) is 41.6 Å². The molecule has 1 saturated heterocycles. The number of benzene rings is 1. The van der Waals surface area contributed by atoms with E-state index in [1.807, 2.05) is 30.0 Å². The number of carbonyl (C=O) groups excluding carboxylic acids is 1. The van der Waals surface area contributed by atoms with E-state index in [4.69, 9.17) is 10.1 Å². The van der Waals surface area contributed by atoms with Gasteiger partial charge in [0.25, 0.3) is 5.91 Å². The number of likely N-dealkylation sites (tertiary alicyclic amines) is 1. The summed E-state index contributed by atoms with van der Waals surface area (Å²) < 4.78 is 18.8. The number of nitrogens with one attached hydrogen (secondary N) is 2. The number of nitrogens with zero attached hydrogens (tertiary/aromatic N) is 3. The van der Waals surface area contributed by atoms with Crippen molar-refractivity contribution in [3.05, 3.63) is 53.5 Å². The number of ether oxygens (including phenoxy) is 1. The van der Waals surface area contributed by atoms with Crippen molar-refractivity contribution in [3.8, 4) is 5.88 Å². The van der Waals surface area contributed by atoms with Crippen LogP contribution in [0.4, 0.5) is 10.1 Å². The zero-order valence-corrected chi connectivity index (χ0v) is 17.8. The maximum atomic E-state index is 13.5. The summed E-state index contributed by atoms with van der Waals surface area (Å²) in [6, 6.07) is 8.59. The number of hydrazone groups is 1. The zero-order chi connectivity index (χ0) is 22.2. The lowest BCUT2D eigenvalue weighted by Crippen LogP contribution is -2.48. The number of hydrogen-bond donors (Lipinski definition) is 2. The lowest BCUT2D eigenvalue weighted by Gasteiger charge is -2.39. The third-order valence-corrected chi connectivity index (χ3v) is 5.44. The van der Waals surface area contributed by atoms with E-state index in [0.717, 1.165) is 37.2 Å². The maximum Gasteiger partial charge on any atom is 0.256 e. The van der Waals surface area contributed by atoms with Crippen molar-refractivity contribution >= 4 is 24.0 Å². The molecule has 2 unspecified atom stereocenters. The summed E-state index contributed by atoms with van der Waals surface area (Å²) in [6.07, 6.45) is 6.24. The van der Waals surface area contributed by atoms with Crippen LogP contribution in [0, 0.1) is 24.1 Å². The second kappa shape index (κ2) is 10.7. The highest BCUT2D eigenvalue weighted by Gasteiger charge is 2.32. The predicted molar refractivity (Wildman–Crippen MR) is 120 cm³/mol. The molecular weight excluding hydrogens is 397 g/mol. The highest BCUT2D eigenvalue weighted by molar-refractivity contribution is 6.14. The first kappa shape index (κ1) is 22.4. The number of pyridine rings is 1. The van der Waals surface area contributed by atoms with E-state index < -0.39 is 5.82 Å². The highest BCUT2D eigenvalue weighted by atomic mass is 19.1. The molecule has 1 aromatic heterocycles. The third-order valence-electron chi connectivity index (χ3n) is 5.44. The van der Waals surface area contributed by atoms with Gasteiger partial charge in [-0.1, -0.05) is 18.6 Å². The van der Waals surface area contributed by atoms with Crippen LogP contribution in [0.5, 0.6) is 5.88 Å². The number of aryl methyl sites for hydroxylation is 1. The van der Waals surface area contributed by atoms with Crippen LogP contribution in [0.2, 0.25) is 0 Å². The van der Waals surface area contributed by atoms with Gasteiger partial charge in [-0.15, -0.1) is 0 Å². The molecule has 2 atom stereocenters. The Morgan fingerprint density at radius 1 is 1.39 bits per heavy atom. The lowest BCUT2D eigenvalue weighted by atomic mass is 9.91. The predicted octanol–water partition coefficient (Wildman–Crippen LogP) is 4.29. The van der Waals surface area contributed by atoms with Gasteiger partial charge in [0, 0.05) is 30.8 Å². The van der Waals surface area contributed by atoms with E-state index in [2.05, 4.69) is 22.4 Å². The Balaban J connectivity index is 1.74. The number of halogens is 1. The van der Waals surface area contributed by atoms with Crippen LogP contribution in [0.3, 0.4) is 0 Å². The number of anilines is 1. The smallest absolute Gasteiger partial charge is 0.256 e. The van der Waals surface area contributed by atoms with Gasteiger partial charge in [0.05, 0.1) is 30.3 Å². The van der Waals surface area contributed by atoms with Crippen molar-refractivity contribution in [1.29, 1.82) is 5.41 Å². The molecule has 31 heavy (non-hydrogen) atoms. The summed E-state index contributed by atoms with van der Waals surface area (Å²) in [5, 5.41) is 11.0. The van der Waals surface area contributed by atoms with Crippen molar-refractivity contribution in [2.24, 2.45) is 11.0 Å². The molecule has 8 heteroatoms. The summed E-state index contributed by atoms with van der Waals surface area (Å²) in [4.78, 5) is 19.4. The fourth-order valence-corrected chi connectivity index (χ4v) is 3.79. The molecule has 1 aliphatic heterocycles. The van der Waals surface area contributed by atoms with E-state index in [-0.39, 0.29) is 17.9 Å². The number of hydrogen-bond acceptors (Lipinski definition) is 6. The van der Waals surface area contributed by atoms with Gasteiger partial charge in [-0.25, -0.2) is 9.37 Å². The Kier molecular flexibility index (Phi) is 7.70. The summed E-state index contributed by atoms with van der Waals surface area (Å²) in [6.45, 7) is 5.03. The van der Waals surface area contributed by atoms with E-state index in [1.165, 1.54) is 18.3 Å². The first-order chi connectivity index (χ1) is 15.0. The number of rotatable bonds is 8. The summed E-state index contributed by atoms with van der Waals surface area (Å²) in [5.74, 6) is 0.0923. The largest absolute Gasteiger partial charge is 0.477 e. The number of piperidine rings is 1. The zero-order valence-electron chi connectivity index (χ0n) is 17.8. The minimum absolute atomic E-state index is 0.0484. The molecule has 0 radical (unpaired) electrons. The van der Waals surface area contributed by atoms with E-state index in [0.29, 0.717) is 30.3 Å². The van der Waals surface area contributed by atoms with Crippen LogP contribution < -0.4 is 10.2 Å². The van der Waals surface area contributed by atoms with Gasteiger partial charge in [0.2, 0.25) is 5.88 Å². The van der Waals surface area contributed by atoms with Gasteiger partial charge in [-0.3, -0.25) is 10.2 Å². The van der Waals surface area contributed by atoms with Crippen LogP contribution in [-0.4, -0.2) is 47.4 Å². The Morgan fingerprint density at radius 3 is 2.94 bits per heavy atom. The van der Waals surface area contributed by atoms with Crippen molar-refractivity contribution in [1.82, 2.24) is 9.88 Å². The summed E-state index contributed by atoms with van der Waals surface area (Å²) in [5.41, 5.74) is 5.01. The minimum Gasteiger partial charge on any atom is -0.477 e. The molecule has 0 aliphatic carbocycles. The monoisotopic (exact) mass is 425 g/mol. The molecule has 0 saturated carbocycles. The second-order valence-electron chi connectivity index (χ2n) is 7.69. The van der Waals surface area contributed by atoms with Crippen molar-refractivity contribution < 1.29 is 13.9 Å². The molecule has 1 aromatic carbocycles. The third kappa shape index (κ3) is 5.87. The number of aromatic nitrogens is 1. The maximum absolute atomic E-state index is 13.5. The van der Waals surface area contributed by atoms with Crippen molar-refractivity contribution in [2.75, 3.05) is 18.6 Å². The number of amides is 1. The van der Waals surface area contributed by atoms with E-state index in [1.54, 1.807) is 0 Å². The van der Waals surface area contributed by atoms with Gasteiger partial charge < -0.3 is 15.0 Å². The SMILES string of the molecule is CCC1CCC(COc2ccc(F)cn2)CN1C(=O)c1cc(C)ccc1N/N=C\C=N. The molecule has 2 N–H and O–H groups in total. The quantitative estimate of drug-likeness (QED) is 0.488.